The number of anilines is 1. The fourth-order valence-electron chi connectivity index (χ4n) is 1.79. The molecule has 0 unspecified atom stereocenters. The molecule has 8 heteroatoms. The van der Waals surface area contributed by atoms with Crippen LogP contribution in [-0.2, 0) is 6.54 Å². The second-order valence-corrected chi connectivity index (χ2v) is 6.73. The molecule has 0 fully saturated rings. The smallest absolute Gasteiger partial charge is 0.206 e. The van der Waals surface area contributed by atoms with Crippen molar-refractivity contribution in [2.24, 2.45) is 0 Å². The maximum atomic E-state index is 13.1. The maximum absolute atomic E-state index is 13.1. The zero-order valence-electron chi connectivity index (χ0n) is 11.9. The molecule has 2 heterocycles. The van der Waals surface area contributed by atoms with Crippen LogP contribution in [0.3, 0.4) is 0 Å². The van der Waals surface area contributed by atoms with Crippen LogP contribution >= 0.6 is 23.1 Å². The third-order valence-corrected chi connectivity index (χ3v) is 4.89. The molecule has 0 bridgehead atoms. The molecule has 3 aromatic rings. The summed E-state index contributed by atoms with van der Waals surface area (Å²) in [4.78, 5) is 12.0. The predicted molar refractivity (Wildman–Crippen MR) is 87.4 cm³/mol. The molecule has 0 aliphatic carbocycles. The van der Waals surface area contributed by atoms with E-state index in [0.29, 0.717) is 21.6 Å². The van der Waals surface area contributed by atoms with E-state index in [4.69, 9.17) is 4.42 Å². The first-order valence-electron chi connectivity index (χ1n) is 6.72. The summed E-state index contributed by atoms with van der Waals surface area (Å²) in [5.41, 5.74) is 0.359. The van der Waals surface area contributed by atoms with E-state index in [1.165, 1.54) is 41.3 Å². The Morgan fingerprint density at radius 2 is 2.22 bits per heavy atom. The lowest BCUT2D eigenvalue weighted by atomic mass is 10.1. The largest absolute Gasteiger partial charge is 0.467 e. The lowest BCUT2D eigenvalue weighted by molar-refractivity contribution is 0.102. The molecule has 0 spiro atoms. The van der Waals surface area contributed by atoms with Crippen LogP contribution in [-0.4, -0.2) is 21.7 Å². The number of thioether (sulfide) groups is 1. The minimum atomic E-state index is -0.416. The van der Waals surface area contributed by atoms with E-state index < -0.39 is 5.82 Å². The quantitative estimate of drug-likeness (QED) is 0.516. The molecule has 1 N–H and O–H groups in total. The molecule has 23 heavy (non-hydrogen) atoms. The van der Waals surface area contributed by atoms with Gasteiger partial charge in [0.2, 0.25) is 5.13 Å². The van der Waals surface area contributed by atoms with Gasteiger partial charge in [-0.2, -0.15) is 0 Å². The van der Waals surface area contributed by atoms with Crippen molar-refractivity contribution in [2.75, 3.05) is 11.1 Å². The predicted octanol–water partition coefficient (Wildman–Crippen LogP) is 3.86. The van der Waals surface area contributed by atoms with E-state index in [1.54, 1.807) is 12.3 Å². The van der Waals surface area contributed by atoms with Gasteiger partial charge in [0, 0.05) is 5.56 Å². The lowest BCUT2D eigenvalue weighted by Crippen LogP contribution is -2.02. The molecule has 0 aliphatic heterocycles. The van der Waals surface area contributed by atoms with Crippen molar-refractivity contribution in [2.45, 2.75) is 10.9 Å². The van der Waals surface area contributed by atoms with Crippen LogP contribution in [0.2, 0.25) is 0 Å². The van der Waals surface area contributed by atoms with Crippen LogP contribution in [0, 0.1) is 5.82 Å². The summed E-state index contributed by atoms with van der Waals surface area (Å²) < 4.78 is 19.0. The number of Topliss-reactive ketones (excluding diaryl/α,β-unsaturated/α-hetero) is 1. The van der Waals surface area contributed by atoms with Crippen LogP contribution in [0.1, 0.15) is 16.1 Å². The summed E-state index contributed by atoms with van der Waals surface area (Å²) in [6, 6.07) is 9.35. The van der Waals surface area contributed by atoms with Gasteiger partial charge in [-0.15, -0.1) is 10.2 Å². The first-order valence-corrected chi connectivity index (χ1v) is 8.52. The molecule has 0 aliphatic rings. The summed E-state index contributed by atoms with van der Waals surface area (Å²) in [6.07, 6.45) is 1.61. The number of nitrogens with one attached hydrogen (secondary N) is 1. The first-order chi connectivity index (χ1) is 11.2. The van der Waals surface area contributed by atoms with Crippen molar-refractivity contribution in [1.29, 1.82) is 0 Å². The van der Waals surface area contributed by atoms with Gasteiger partial charge in [-0.3, -0.25) is 4.79 Å². The average Bonchev–Trinajstić information content (AvgIpc) is 3.22. The Kier molecular flexibility index (Phi) is 5.04. The van der Waals surface area contributed by atoms with Crippen LogP contribution in [0.4, 0.5) is 9.52 Å². The Bertz CT molecular complexity index is 790. The monoisotopic (exact) mass is 349 g/mol. The Morgan fingerprint density at radius 3 is 3.00 bits per heavy atom. The summed E-state index contributed by atoms with van der Waals surface area (Å²) >= 11 is 2.64. The Hall–Kier alpha value is -2.19. The molecular formula is C15H12FN3O2S2. The molecule has 1 aromatic carbocycles. The third-order valence-electron chi connectivity index (χ3n) is 2.87. The Labute approximate surface area is 139 Å². The SMILES string of the molecule is O=C(CSc1nnc(NCc2ccco2)s1)c1cccc(F)c1. The minimum absolute atomic E-state index is 0.144. The molecule has 0 amide bonds. The lowest BCUT2D eigenvalue weighted by Gasteiger charge is -1.99. The zero-order valence-corrected chi connectivity index (χ0v) is 13.5. The summed E-state index contributed by atoms with van der Waals surface area (Å²) in [5, 5.41) is 11.8. The second-order valence-electron chi connectivity index (χ2n) is 4.53. The Balaban J connectivity index is 1.51. The number of furan rings is 1. The van der Waals surface area contributed by atoms with Crippen molar-refractivity contribution < 1.29 is 13.6 Å². The zero-order chi connectivity index (χ0) is 16.1. The van der Waals surface area contributed by atoms with Gasteiger partial charge in [0.25, 0.3) is 0 Å². The van der Waals surface area contributed by atoms with Gasteiger partial charge in [0.15, 0.2) is 10.1 Å². The van der Waals surface area contributed by atoms with E-state index in [-0.39, 0.29) is 11.5 Å². The number of ketones is 1. The number of halogens is 1. The van der Waals surface area contributed by atoms with Crippen LogP contribution in [0.5, 0.6) is 0 Å². The molecular weight excluding hydrogens is 337 g/mol. The average molecular weight is 349 g/mol. The van der Waals surface area contributed by atoms with E-state index in [2.05, 4.69) is 15.5 Å². The summed E-state index contributed by atoms with van der Waals surface area (Å²) in [6.45, 7) is 0.522. The highest BCUT2D eigenvalue weighted by Gasteiger charge is 2.11. The molecule has 3 rings (SSSR count). The highest BCUT2D eigenvalue weighted by molar-refractivity contribution is 8.01. The molecule has 0 saturated carbocycles. The van der Waals surface area contributed by atoms with E-state index in [0.717, 1.165) is 5.76 Å². The maximum Gasteiger partial charge on any atom is 0.206 e. The van der Waals surface area contributed by atoms with Crippen LogP contribution in [0.15, 0.2) is 51.4 Å². The van der Waals surface area contributed by atoms with Gasteiger partial charge in [-0.25, -0.2) is 4.39 Å². The van der Waals surface area contributed by atoms with E-state index in [1.807, 2.05) is 12.1 Å². The van der Waals surface area contributed by atoms with Gasteiger partial charge in [0.1, 0.15) is 11.6 Å². The van der Waals surface area contributed by atoms with Crippen molar-refractivity contribution >= 4 is 34.0 Å². The highest BCUT2D eigenvalue weighted by Crippen LogP contribution is 2.26. The molecule has 0 atom stereocenters. The number of carbonyl (C=O) groups is 1. The second kappa shape index (κ2) is 7.38. The van der Waals surface area contributed by atoms with Crippen molar-refractivity contribution in [1.82, 2.24) is 10.2 Å². The van der Waals surface area contributed by atoms with E-state index in [9.17, 15) is 9.18 Å². The number of nitrogens with zero attached hydrogens (tertiary/aromatic N) is 2. The third kappa shape index (κ3) is 4.40. The van der Waals surface area contributed by atoms with Gasteiger partial charge in [-0.1, -0.05) is 35.2 Å². The fraction of sp³-hybridized carbons (Fsp3) is 0.133. The van der Waals surface area contributed by atoms with Crippen molar-refractivity contribution in [3.05, 3.63) is 59.8 Å². The van der Waals surface area contributed by atoms with Crippen molar-refractivity contribution in [3.8, 4) is 0 Å². The topological polar surface area (TPSA) is 68.0 Å². The molecule has 118 valence electrons. The molecule has 0 radical (unpaired) electrons. The molecule has 5 nitrogen and oxygen atoms in total. The van der Waals surface area contributed by atoms with Crippen molar-refractivity contribution in [3.63, 3.8) is 0 Å². The minimum Gasteiger partial charge on any atom is -0.467 e. The van der Waals surface area contributed by atoms with Crippen LogP contribution in [0.25, 0.3) is 0 Å². The van der Waals surface area contributed by atoms with E-state index >= 15 is 0 Å². The first kappa shape index (κ1) is 15.7. The number of aromatic nitrogens is 2. The number of carbonyl (C=O) groups excluding carboxylic acids is 1. The summed E-state index contributed by atoms with van der Waals surface area (Å²) in [5.74, 6) is 0.433. The molecule has 2 aromatic heterocycles. The number of hydrogen-bond acceptors (Lipinski definition) is 7. The Morgan fingerprint density at radius 1 is 1.30 bits per heavy atom. The number of hydrogen-bond donors (Lipinski definition) is 1. The van der Waals surface area contributed by atoms with Gasteiger partial charge >= 0.3 is 0 Å². The summed E-state index contributed by atoms with van der Waals surface area (Å²) in [7, 11) is 0. The fourth-order valence-corrected chi connectivity index (χ4v) is 3.43. The highest BCUT2D eigenvalue weighted by atomic mass is 32.2. The van der Waals surface area contributed by atoms with Gasteiger partial charge in [0.05, 0.1) is 18.6 Å². The standard InChI is InChI=1S/C15H12FN3O2S2/c16-11-4-1-3-10(7-11)13(20)9-22-15-19-18-14(23-15)17-8-12-5-2-6-21-12/h1-7H,8-9H2,(H,17,18). The van der Waals surface area contributed by atoms with Gasteiger partial charge < -0.3 is 9.73 Å². The van der Waals surface area contributed by atoms with Crippen LogP contribution < -0.4 is 5.32 Å². The molecule has 0 saturated heterocycles. The van der Waals surface area contributed by atoms with Gasteiger partial charge in [-0.05, 0) is 24.3 Å². The number of rotatable bonds is 7. The number of benzene rings is 1. The normalized spacial score (nSPS) is 10.7.